The number of benzene rings is 1. The molecule has 6 nitrogen and oxygen atoms in total. The molecule has 0 unspecified atom stereocenters. The largest absolute Gasteiger partial charge is 0.360 e. The van der Waals surface area contributed by atoms with E-state index in [1.165, 1.54) is 6.92 Å². The Hall–Kier alpha value is -3.02. The number of H-pyrrole nitrogens is 1. The van der Waals surface area contributed by atoms with Crippen LogP contribution in [-0.4, -0.2) is 31.6 Å². The molecule has 0 fully saturated rings. The molecule has 0 radical (unpaired) electrons. The van der Waals surface area contributed by atoms with E-state index < -0.39 is 0 Å². The molecule has 2 aromatic heterocycles. The zero-order valence-electron chi connectivity index (χ0n) is 12.6. The fourth-order valence-electron chi connectivity index (χ4n) is 2.92. The number of hydrogen-bond donors (Lipinski definition) is 1. The maximum Gasteiger partial charge on any atom is 0.240 e. The second kappa shape index (κ2) is 5.31. The van der Waals surface area contributed by atoms with Gasteiger partial charge in [-0.2, -0.15) is 5.10 Å². The molecule has 0 aliphatic carbocycles. The lowest BCUT2D eigenvalue weighted by molar-refractivity contribution is -0.130. The number of hydrazone groups is 1. The highest BCUT2D eigenvalue weighted by Gasteiger charge is 2.31. The van der Waals surface area contributed by atoms with Crippen LogP contribution in [0.4, 0.5) is 0 Å². The molecule has 1 aliphatic rings. The van der Waals surface area contributed by atoms with E-state index in [-0.39, 0.29) is 11.9 Å². The van der Waals surface area contributed by atoms with Gasteiger partial charge in [0.05, 0.1) is 28.5 Å². The van der Waals surface area contributed by atoms with Crippen LogP contribution in [0.15, 0.2) is 54.0 Å². The highest BCUT2D eigenvalue weighted by molar-refractivity contribution is 6.01. The summed E-state index contributed by atoms with van der Waals surface area (Å²) in [7, 11) is 0. The Labute approximate surface area is 132 Å². The summed E-state index contributed by atoms with van der Waals surface area (Å²) in [6.07, 6.45) is 5.87. The molecule has 1 aromatic carbocycles. The number of rotatable bonds is 2. The Morgan fingerprint density at radius 3 is 2.78 bits per heavy atom. The quantitative estimate of drug-likeness (QED) is 0.791. The first-order valence-corrected chi connectivity index (χ1v) is 7.44. The SMILES string of the molecule is CC(=O)N1N=C(c2ccc[nH]2)C[C@@H]1c1ccc2nccnc2c1. The van der Waals surface area contributed by atoms with E-state index in [0.717, 1.165) is 28.0 Å². The average Bonchev–Trinajstić information content (AvgIpc) is 3.23. The van der Waals surface area contributed by atoms with Crippen LogP contribution in [0.5, 0.6) is 0 Å². The van der Waals surface area contributed by atoms with Gasteiger partial charge in [0, 0.05) is 31.9 Å². The zero-order chi connectivity index (χ0) is 15.8. The van der Waals surface area contributed by atoms with Gasteiger partial charge >= 0.3 is 0 Å². The summed E-state index contributed by atoms with van der Waals surface area (Å²) in [4.78, 5) is 23.8. The summed E-state index contributed by atoms with van der Waals surface area (Å²) in [5, 5.41) is 6.05. The van der Waals surface area contributed by atoms with Crippen molar-refractivity contribution in [3.63, 3.8) is 0 Å². The number of aromatic nitrogens is 3. The molecule has 3 aromatic rings. The van der Waals surface area contributed by atoms with Crippen molar-refractivity contribution >= 4 is 22.7 Å². The number of amides is 1. The van der Waals surface area contributed by atoms with E-state index in [4.69, 9.17) is 0 Å². The van der Waals surface area contributed by atoms with E-state index in [1.54, 1.807) is 17.4 Å². The highest BCUT2D eigenvalue weighted by atomic mass is 16.2. The molecule has 114 valence electrons. The molecule has 0 spiro atoms. The Morgan fingerprint density at radius 2 is 2.04 bits per heavy atom. The van der Waals surface area contributed by atoms with Crippen molar-refractivity contribution in [1.29, 1.82) is 0 Å². The van der Waals surface area contributed by atoms with Crippen LogP contribution in [0.1, 0.15) is 30.6 Å². The minimum Gasteiger partial charge on any atom is -0.360 e. The molecule has 0 saturated heterocycles. The van der Waals surface area contributed by atoms with Gasteiger partial charge in [-0.05, 0) is 29.8 Å². The normalized spacial score (nSPS) is 17.5. The van der Waals surface area contributed by atoms with Gasteiger partial charge < -0.3 is 4.98 Å². The summed E-state index contributed by atoms with van der Waals surface area (Å²) in [5.74, 6) is -0.0733. The zero-order valence-corrected chi connectivity index (χ0v) is 12.6. The maximum atomic E-state index is 12.0. The molecule has 4 rings (SSSR count). The van der Waals surface area contributed by atoms with Gasteiger partial charge in [0.2, 0.25) is 5.91 Å². The summed E-state index contributed by atoms with van der Waals surface area (Å²) in [6, 6.07) is 9.68. The molecule has 23 heavy (non-hydrogen) atoms. The van der Waals surface area contributed by atoms with Crippen molar-refractivity contribution < 1.29 is 4.79 Å². The van der Waals surface area contributed by atoms with Gasteiger partial charge in [-0.3, -0.25) is 14.8 Å². The lowest BCUT2D eigenvalue weighted by Crippen LogP contribution is -2.24. The summed E-state index contributed by atoms with van der Waals surface area (Å²) in [6.45, 7) is 1.54. The van der Waals surface area contributed by atoms with E-state index in [9.17, 15) is 4.79 Å². The van der Waals surface area contributed by atoms with E-state index in [0.29, 0.717) is 6.42 Å². The van der Waals surface area contributed by atoms with Gasteiger partial charge in [-0.25, -0.2) is 5.01 Å². The second-order valence-corrected chi connectivity index (χ2v) is 5.52. The van der Waals surface area contributed by atoms with Crippen LogP contribution in [-0.2, 0) is 4.79 Å². The van der Waals surface area contributed by atoms with E-state index in [1.807, 2.05) is 36.5 Å². The maximum absolute atomic E-state index is 12.0. The Morgan fingerprint density at radius 1 is 1.22 bits per heavy atom. The molecule has 3 heterocycles. The number of nitrogens with one attached hydrogen (secondary N) is 1. The van der Waals surface area contributed by atoms with Crippen molar-refractivity contribution in [1.82, 2.24) is 20.0 Å². The predicted octanol–water partition coefficient (Wildman–Crippen LogP) is 2.66. The van der Waals surface area contributed by atoms with E-state index in [2.05, 4.69) is 20.1 Å². The first-order chi connectivity index (χ1) is 11.2. The van der Waals surface area contributed by atoms with Crippen molar-refractivity contribution in [2.45, 2.75) is 19.4 Å². The number of fused-ring (bicyclic) bond motifs is 1. The predicted molar refractivity (Wildman–Crippen MR) is 86.7 cm³/mol. The minimum absolute atomic E-state index is 0.0733. The van der Waals surface area contributed by atoms with Crippen LogP contribution in [0, 0.1) is 0 Å². The molecular formula is C17H15N5O. The molecule has 0 saturated carbocycles. The van der Waals surface area contributed by atoms with Gasteiger partial charge in [0.25, 0.3) is 0 Å². The lowest BCUT2D eigenvalue weighted by atomic mass is 10.00. The molecular weight excluding hydrogens is 290 g/mol. The van der Waals surface area contributed by atoms with Crippen LogP contribution in [0.2, 0.25) is 0 Å². The summed E-state index contributed by atoms with van der Waals surface area (Å²) in [5.41, 5.74) is 4.50. The third-order valence-corrected chi connectivity index (χ3v) is 4.02. The van der Waals surface area contributed by atoms with Gasteiger partial charge in [0.15, 0.2) is 0 Å². The van der Waals surface area contributed by atoms with Crippen molar-refractivity contribution in [3.05, 3.63) is 60.2 Å². The number of aromatic amines is 1. The van der Waals surface area contributed by atoms with Crippen LogP contribution in [0.25, 0.3) is 11.0 Å². The topological polar surface area (TPSA) is 74.2 Å². The number of carbonyl (C=O) groups is 1. The fraction of sp³-hybridized carbons (Fsp3) is 0.176. The van der Waals surface area contributed by atoms with Crippen molar-refractivity contribution in [2.24, 2.45) is 5.10 Å². The third kappa shape index (κ3) is 2.38. The molecule has 1 atom stereocenters. The average molecular weight is 305 g/mol. The summed E-state index contributed by atoms with van der Waals surface area (Å²) < 4.78 is 0. The van der Waals surface area contributed by atoms with E-state index >= 15 is 0 Å². The van der Waals surface area contributed by atoms with Crippen LogP contribution in [0.3, 0.4) is 0 Å². The molecule has 0 bridgehead atoms. The Kier molecular flexibility index (Phi) is 3.15. The lowest BCUT2D eigenvalue weighted by Gasteiger charge is -2.20. The van der Waals surface area contributed by atoms with Gasteiger partial charge in [0.1, 0.15) is 0 Å². The second-order valence-electron chi connectivity index (χ2n) is 5.52. The number of nitrogens with zero attached hydrogens (tertiary/aromatic N) is 4. The smallest absolute Gasteiger partial charge is 0.240 e. The van der Waals surface area contributed by atoms with Gasteiger partial charge in [-0.15, -0.1) is 0 Å². The number of carbonyl (C=O) groups excluding carboxylic acids is 1. The molecule has 6 heteroatoms. The van der Waals surface area contributed by atoms with Crippen molar-refractivity contribution in [3.8, 4) is 0 Å². The standard InChI is InChI=1S/C17H15N5O/c1-11(23)22-17(10-16(21-22)13-3-2-6-18-13)12-4-5-14-15(9-12)20-8-7-19-14/h2-9,17-18H,10H2,1H3/t17-/m1/s1. The molecule has 1 amide bonds. The third-order valence-electron chi connectivity index (χ3n) is 4.02. The van der Waals surface area contributed by atoms with Crippen LogP contribution >= 0.6 is 0 Å². The van der Waals surface area contributed by atoms with Crippen LogP contribution < -0.4 is 0 Å². The first kappa shape index (κ1) is 13.6. The Balaban J connectivity index is 1.73. The summed E-state index contributed by atoms with van der Waals surface area (Å²) >= 11 is 0. The minimum atomic E-state index is -0.114. The first-order valence-electron chi connectivity index (χ1n) is 7.44. The highest BCUT2D eigenvalue weighted by Crippen LogP contribution is 2.33. The molecule has 1 aliphatic heterocycles. The fourth-order valence-corrected chi connectivity index (χ4v) is 2.92. The number of hydrogen-bond acceptors (Lipinski definition) is 4. The Bertz CT molecular complexity index is 900. The monoisotopic (exact) mass is 305 g/mol. The van der Waals surface area contributed by atoms with Gasteiger partial charge in [-0.1, -0.05) is 6.07 Å². The molecule has 1 N–H and O–H groups in total. The van der Waals surface area contributed by atoms with Crippen molar-refractivity contribution in [2.75, 3.05) is 0 Å².